The molecule has 0 saturated heterocycles. The topological polar surface area (TPSA) is 80.8 Å². The molecule has 3 aromatic carbocycles. The zero-order valence-corrected chi connectivity index (χ0v) is 19.7. The number of benzene rings is 3. The molecule has 0 aliphatic heterocycles. The lowest BCUT2D eigenvalue weighted by atomic mass is 10.0. The second kappa shape index (κ2) is 9.99. The number of carbonyl (C=O) groups excluding carboxylic acids is 2. The summed E-state index contributed by atoms with van der Waals surface area (Å²) in [5.74, 6) is -0.376. The maximum absolute atomic E-state index is 13.7. The van der Waals surface area contributed by atoms with Gasteiger partial charge in [0, 0.05) is 16.0 Å². The molecule has 1 heterocycles. The van der Waals surface area contributed by atoms with Gasteiger partial charge in [0.15, 0.2) is 5.75 Å². The van der Waals surface area contributed by atoms with Crippen molar-refractivity contribution in [1.29, 1.82) is 0 Å². The van der Waals surface area contributed by atoms with E-state index in [0.717, 1.165) is 10.6 Å². The average Bonchev–Trinajstić information content (AvgIpc) is 2.87. The van der Waals surface area contributed by atoms with Gasteiger partial charge < -0.3 is 9.47 Å². The molecule has 0 bridgehead atoms. The minimum Gasteiger partial charge on any atom is -0.494 e. The molecule has 1 N–H and O–H groups in total. The highest BCUT2D eigenvalue weighted by molar-refractivity contribution is 6.35. The van der Waals surface area contributed by atoms with Gasteiger partial charge >= 0.3 is 6.09 Å². The highest BCUT2D eigenvalue weighted by Crippen LogP contribution is 2.36. The molecule has 0 atom stereocenters. The number of amides is 2. The standard InChI is InChI=1S/C25H19Cl2N3O4/c1-33-23-21(17-10-6-7-11-19(17)28-22(23)15-8-4-3-5-9-15)24(31)29-30(25(32)34-2)20-14-16(26)12-13-18(20)27/h3-14H,1-2H3,(H,29,31). The Balaban J connectivity index is 1.89. The van der Waals surface area contributed by atoms with Crippen molar-refractivity contribution in [3.63, 3.8) is 0 Å². The summed E-state index contributed by atoms with van der Waals surface area (Å²) in [6.45, 7) is 0. The van der Waals surface area contributed by atoms with Crippen LogP contribution in [0.3, 0.4) is 0 Å². The minimum atomic E-state index is -0.863. The number of nitrogens with one attached hydrogen (secondary N) is 1. The highest BCUT2D eigenvalue weighted by atomic mass is 35.5. The number of rotatable bonds is 4. The molecule has 4 aromatic rings. The monoisotopic (exact) mass is 495 g/mol. The van der Waals surface area contributed by atoms with Crippen molar-refractivity contribution in [3.05, 3.63) is 88.4 Å². The molecule has 4 rings (SSSR count). The Hall–Kier alpha value is -3.81. The van der Waals surface area contributed by atoms with E-state index in [0.29, 0.717) is 21.6 Å². The van der Waals surface area contributed by atoms with Gasteiger partial charge in [0.05, 0.1) is 36.0 Å². The molecule has 0 fully saturated rings. The van der Waals surface area contributed by atoms with Crippen LogP contribution in [0.2, 0.25) is 10.0 Å². The van der Waals surface area contributed by atoms with Crippen molar-refractivity contribution in [2.75, 3.05) is 19.2 Å². The highest BCUT2D eigenvalue weighted by Gasteiger charge is 2.27. The van der Waals surface area contributed by atoms with E-state index in [9.17, 15) is 9.59 Å². The molecule has 0 radical (unpaired) electrons. The Kier molecular flexibility index (Phi) is 6.86. The molecule has 0 spiro atoms. The zero-order valence-electron chi connectivity index (χ0n) is 18.2. The van der Waals surface area contributed by atoms with Gasteiger partial charge in [0.1, 0.15) is 5.69 Å². The van der Waals surface area contributed by atoms with E-state index < -0.39 is 12.0 Å². The number of nitrogens with zero attached hydrogens (tertiary/aromatic N) is 2. The molecule has 34 heavy (non-hydrogen) atoms. The lowest BCUT2D eigenvalue weighted by Gasteiger charge is -2.24. The third-order valence-electron chi connectivity index (χ3n) is 5.05. The zero-order chi connectivity index (χ0) is 24.2. The molecule has 0 unspecified atom stereocenters. The summed E-state index contributed by atoms with van der Waals surface area (Å²) >= 11 is 12.4. The molecular formula is C25H19Cl2N3O4. The average molecular weight is 496 g/mol. The number of carbonyl (C=O) groups is 2. The van der Waals surface area contributed by atoms with Crippen LogP contribution in [-0.2, 0) is 4.74 Å². The van der Waals surface area contributed by atoms with Gasteiger partial charge in [-0.25, -0.2) is 9.78 Å². The van der Waals surface area contributed by atoms with Gasteiger partial charge in [0.25, 0.3) is 5.91 Å². The maximum atomic E-state index is 13.7. The summed E-state index contributed by atoms with van der Waals surface area (Å²) in [4.78, 5) is 31.0. The number of fused-ring (bicyclic) bond motifs is 1. The summed E-state index contributed by atoms with van der Waals surface area (Å²) in [5.41, 5.74) is 4.76. The number of ether oxygens (including phenoxy) is 2. The fraction of sp³-hybridized carbons (Fsp3) is 0.0800. The molecule has 172 valence electrons. The van der Waals surface area contributed by atoms with Crippen LogP contribution in [0, 0.1) is 0 Å². The first-order chi connectivity index (χ1) is 16.4. The number of hydrogen-bond acceptors (Lipinski definition) is 5. The van der Waals surface area contributed by atoms with Crippen molar-refractivity contribution in [3.8, 4) is 17.0 Å². The normalized spacial score (nSPS) is 10.6. The summed E-state index contributed by atoms with van der Waals surface area (Å²) in [7, 11) is 2.65. The summed E-state index contributed by atoms with van der Waals surface area (Å²) in [6.07, 6.45) is -0.863. The predicted octanol–water partition coefficient (Wildman–Crippen LogP) is 6.14. The Morgan fingerprint density at radius 3 is 2.35 bits per heavy atom. The summed E-state index contributed by atoms with van der Waals surface area (Å²) in [6, 6.07) is 21.0. The second-order valence-electron chi connectivity index (χ2n) is 7.09. The van der Waals surface area contributed by atoms with Crippen molar-refractivity contribution in [2.24, 2.45) is 0 Å². The molecule has 0 aliphatic rings. The SMILES string of the molecule is COC(=O)N(NC(=O)c1c(OC)c(-c2ccccc2)nc2ccccc12)c1cc(Cl)ccc1Cl. The number of hydrazine groups is 1. The first-order valence-corrected chi connectivity index (χ1v) is 10.9. The largest absolute Gasteiger partial charge is 0.494 e. The maximum Gasteiger partial charge on any atom is 0.433 e. The Morgan fingerprint density at radius 1 is 0.941 bits per heavy atom. The number of anilines is 1. The first kappa shape index (κ1) is 23.4. The van der Waals surface area contributed by atoms with Gasteiger partial charge in [-0.3, -0.25) is 10.2 Å². The number of aromatic nitrogens is 1. The number of pyridine rings is 1. The quantitative estimate of drug-likeness (QED) is 0.344. The predicted molar refractivity (Wildman–Crippen MR) is 133 cm³/mol. The van der Waals surface area contributed by atoms with Crippen LogP contribution in [0.4, 0.5) is 10.5 Å². The smallest absolute Gasteiger partial charge is 0.433 e. The van der Waals surface area contributed by atoms with Crippen LogP contribution in [0.1, 0.15) is 10.4 Å². The van der Waals surface area contributed by atoms with E-state index in [-0.39, 0.29) is 22.0 Å². The van der Waals surface area contributed by atoms with Crippen molar-refractivity contribution in [1.82, 2.24) is 10.4 Å². The van der Waals surface area contributed by atoms with E-state index >= 15 is 0 Å². The van der Waals surface area contributed by atoms with E-state index in [2.05, 4.69) is 5.43 Å². The number of methoxy groups -OCH3 is 2. The molecular weight excluding hydrogens is 477 g/mol. The lowest BCUT2D eigenvalue weighted by molar-refractivity contribution is 0.0939. The van der Waals surface area contributed by atoms with E-state index in [1.807, 2.05) is 36.4 Å². The Morgan fingerprint density at radius 2 is 1.65 bits per heavy atom. The third kappa shape index (κ3) is 4.48. The van der Waals surface area contributed by atoms with Crippen LogP contribution in [0.15, 0.2) is 72.8 Å². The fourth-order valence-corrected chi connectivity index (χ4v) is 3.89. The second-order valence-corrected chi connectivity index (χ2v) is 7.94. The third-order valence-corrected chi connectivity index (χ3v) is 5.60. The minimum absolute atomic E-state index is 0.148. The summed E-state index contributed by atoms with van der Waals surface area (Å²) in [5, 5.41) is 1.94. The first-order valence-electron chi connectivity index (χ1n) is 10.1. The van der Waals surface area contributed by atoms with Gasteiger partial charge in [-0.15, -0.1) is 0 Å². The van der Waals surface area contributed by atoms with Crippen LogP contribution < -0.4 is 15.2 Å². The van der Waals surface area contributed by atoms with Crippen LogP contribution in [0.25, 0.3) is 22.2 Å². The Bertz CT molecular complexity index is 1380. The number of para-hydroxylation sites is 1. The molecule has 7 nitrogen and oxygen atoms in total. The fourth-order valence-electron chi connectivity index (χ4n) is 3.52. The van der Waals surface area contributed by atoms with Crippen molar-refractivity contribution < 1.29 is 19.1 Å². The van der Waals surface area contributed by atoms with Gasteiger partial charge in [0.2, 0.25) is 0 Å². The van der Waals surface area contributed by atoms with E-state index in [1.165, 1.54) is 26.4 Å². The van der Waals surface area contributed by atoms with Crippen LogP contribution >= 0.6 is 23.2 Å². The molecule has 0 aliphatic carbocycles. The van der Waals surface area contributed by atoms with Crippen LogP contribution in [0.5, 0.6) is 5.75 Å². The van der Waals surface area contributed by atoms with Crippen molar-refractivity contribution >= 4 is 51.8 Å². The summed E-state index contributed by atoms with van der Waals surface area (Å²) < 4.78 is 10.5. The molecule has 9 heteroatoms. The van der Waals surface area contributed by atoms with Gasteiger partial charge in [-0.2, -0.15) is 5.01 Å². The van der Waals surface area contributed by atoms with Crippen LogP contribution in [-0.4, -0.2) is 31.2 Å². The Labute approximate surface area is 205 Å². The lowest BCUT2D eigenvalue weighted by Crippen LogP contribution is -2.46. The number of halogens is 2. The van der Waals surface area contributed by atoms with Gasteiger partial charge in [-0.1, -0.05) is 71.7 Å². The molecule has 1 aromatic heterocycles. The number of hydrogen-bond donors (Lipinski definition) is 1. The van der Waals surface area contributed by atoms with E-state index in [4.69, 9.17) is 37.7 Å². The van der Waals surface area contributed by atoms with Crippen molar-refractivity contribution in [2.45, 2.75) is 0 Å². The van der Waals surface area contributed by atoms with Gasteiger partial charge in [-0.05, 0) is 24.3 Å². The van der Waals surface area contributed by atoms with E-state index in [1.54, 1.807) is 24.3 Å². The molecule has 2 amide bonds. The molecule has 0 saturated carbocycles.